The molecule has 1 fully saturated rings. The highest BCUT2D eigenvalue weighted by Crippen LogP contribution is 2.23. The third-order valence-electron chi connectivity index (χ3n) is 2.52. The fourth-order valence-electron chi connectivity index (χ4n) is 1.65. The van der Waals surface area contributed by atoms with E-state index >= 15 is 0 Å². The maximum Gasteiger partial charge on any atom is 0.242 e. The minimum atomic E-state index is -3.73. The fraction of sp³-hybridized carbons (Fsp3) is 0.400. The third-order valence-corrected chi connectivity index (χ3v) is 5.26. The lowest BCUT2D eigenvalue weighted by atomic mass is 10.3. The second kappa shape index (κ2) is 4.83. The van der Waals surface area contributed by atoms with E-state index in [9.17, 15) is 12.8 Å². The average molecular weight is 276 g/mol. The number of nitrogen functional groups attached to an aromatic ring is 1. The second-order valence-corrected chi connectivity index (χ2v) is 6.70. The minimum absolute atomic E-state index is 0.0598. The first kappa shape index (κ1) is 12.7. The quantitative estimate of drug-likeness (QED) is 0.814. The van der Waals surface area contributed by atoms with Crippen molar-refractivity contribution in [1.82, 2.24) is 4.72 Å². The molecule has 3 N–H and O–H groups in total. The molecule has 0 aromatic heterocycles. The Morgan fingerprint density at radius 2 is 2.24 bits per heavy atom. The zero-order chi connectivity index (χ0) is 12.5. The Morgan fingerprint density at radius 3 is 2.88 bits per heavy atom. The van der Waals surface area contributed by atoms with Crippen molar-refractivity contribution in [1.29, 1.82) is 0 Å². The van der Waals surface area contributed by atoms with Crippen LogP contribution in [-0.4, -0.2) is 26.0 Å². The number of nitrogens with two attached hydrogens (primary N) is 1. The molecule has 1 aromatic rings. The van der Waals surface area contributed by atoms with Crippen LogP contribution in [0.15, 0.2) is 23.1 Å². The predicted octanol–water partition coefficient (Wildman–Crippen LogP) is 1.19. The van der Waals surface area contributed by atoms with E-state index in [1.54, 1.807) is 11.8 Å². The van der Waals surface area contributed by atoms with E-state index in [-0.39, 0.29) is 16.6 Å². The van der Waals surface area contributed by atoms with Crippen LogP contribution in [0.2, 0.25) is 0 Å². The summed E-state index contributed by atoms with van der Waals surface area (Å²) < 4.78 is 39.6. The molecule has 0 spiro atoms. The van der Waals surface area contributed by atoms with Gasteiger partial charge in [-0.05, 0) is 30.4 Å². The normalized spacial score (nSPS) is 20.6. The van der Waals surface area contributed by atoms with Gasteiger partial charge in [0.15, 0.2) is 0 Å². The van der Waals surface area contributed by atoms with Crippen LogP contribution >= 0.6 is 11.8 Å². The van der Waals surface area contributed by atoms with E-state index in [0.717, 1.165) is 30.1 Å². The van der Waals surface area contributed by atoms with Gasteiger partial charge in [0.2, 0.25) is 10.0 Å². The van der Waals surface area contributed by atoms with E-state index in [2.05, 4.69) is 4.72 Å². The van der Waals surface area contributed by atoms with Gasteiger partial charge in [-0.2, -0.15) is 11.8 Å². The molecule has 1 unspecified atom stereocenters. The van der Waals surface area contributed by atoms with Crippen LogP contribution < -0.4 is 10.5 Å². The summed E-state index contributed by atoms with van der Waals surface area (Å²) in [5.74, 6) is 1.07. The number of benzene rings is 1. The predicted molar refractivity (Wildman–Crippen MR) is 66.9 cm³/mol. The van der Waals surface area contributed by atoms with Crippen molar-refractivity contribution in [2.75, 3.05) is 17.2 Å². The van der Waals surface area contributed by atoms with Crippen molar-refractivity contribution < 1.29 is 12.8 Å². The van der Waals surface area contributed by atoms with E-state index in [1.807, 2.05) is 0 Å². The SMILES string of the molecule is Nc1ccc(F)cc1S(=O)(=O)NC1CCSC1. The maximum absolute atomic E-state index is 13.0. The molecule has 1 aliphatic rings. The summed E-state index contributed by atoms with van der Waals surface area (Å²) >= 11 is 1.69. The van der Waals surface area contributed by atoms with Crippen LogP contribution in [0, 0.1) is 5.82 Å². The summed E-state index contributed by atoms with van der Waals surface area (Å²) in [5, 5.41) is 0. The fourth-order valence-corrected chi connectivity index (χ4v) is 4.32. The van der Waals surface area contributed by atoms with Gasteiger partial charge in [-0.15, -0.1) is 0 Å². The van der Waals surface area contributed by atoms with Crippen LogP contribution in [-0.2, 0) is 10.0 Å². The standard InChI is InChI=1S/C10H13FN2O2S2/c11-7-1-2-9(12)10(5-7)17(14,15)13-8-3-4-16-6-8/h1-2,5,8,13H,3-4,6,12H2. The van der Waals surface area contributed by atoms with E-state index < -0.39 is 15.8 Å². The minimum Gasteiger partial charge on any atom is -0.398 e. The summed E-state index contributed by atoms with van der Waals surface area (Å²) in [7, 11) is -3.73. The monoisotopic (exact) mass is 276 g/mol. The molecule has 17 heavy (non-hydrogen) atoms. The molecule has 0 saturated carbocycles. The molecule has 1 aliphatic heterocycles. The van der Waals surface area contributed by atoms with Crippen molar-refractivity contribution in [3.05, 3.63) is 24.0 Å². The highest BCUT2D eigenvalue weighted by atomic mass is 32.2. The van der Waals surface area contributed by atoms with Gasteiger partial charge in [0, 0.05) is 11.8 Å². The first-order chi connectivity index (χ1) is 7.99. The number of anilines is 1. The van der Waals surface area contributed by atoms with Crippen LogP contribution in [0.3, 0.4) is 0 Å². The van der Waals surface area contributed by atoms with Crippen LogP contribution in [0.25, 0.3) is 0 Å². The summed E-state index contributed by atoms with van der Waals surface area (Å²) in [6.07, 6.45) is 0.791. The lowest BCUT2D eigenvalue weighted by Gasteiger charge is -2.13. The number of sulfonamides is 1. The first-order valence-corrected chi connectivity index (χ1v) is 7.78. The summed E-state index contributed by atoms with van der Waals surface area (Å²) in [6.45, 7) is 0. The third kappa shape index (κ3) is 2.91. The highest BCUT2D eigenvalue weighted by molar-refractivity contribution is 7.99. The maximum atomic E-state index is 13.0. The van der Waals surface area contributed by atoms with Gasteiger partial charge in [0.25, 0.3) is 0 Å². The summed E-state index contributed by atoms with van der Waals surface area (Å²) in [4.78, 5) is -0.186. The molecule has 0 aliphatic carbocycles. The Labute approximate surface area is 104 Å². The second-order valence-electron chi connectivity index (χ2n) is 3.86. The molecule has 1 saturated heterocycles. The van der Waals surface area contributed by atoms with Gasteiger partial charge in [-0.25, -0.2) is 17.5 Å². The number of hydrogen-bond acceptors (Lipinski definition) is 4. The zero-order valence-corrected chi connectivity index (χ0v) is 10.7. The van der Waals surface area contributed by atoms with Gasteiger partial charge in [0.05, 0.1) is 5.69 Å². The van der Waals surface area contributed by atoms with Crippen LogP contribution in [0.5, 0.6) is 0 Å². The zero-order valence-electron chi connectivity index (χ0n) is 9.02. The van der Waals surface area contributed by atoms with Gasteiger partial charge in [-0.1, -0.05) is 0 Å². The Balaban J connectivity index is 2.27. The largest absolute Gasteiger partial charge is 0.398 e. The molecule has 4 nitrogen and oxygen atoms in total. The van der Waals surface area contributed by atoms with Gasteiger partial charge in [0.1, 0.15) is 10.7 Å². The van der Waals surface area contributed by atoms with Crippen molar-refractivity contribution in [2.24, 2.45) is 0 Å². The van der Waals surface area contributed by atoms with Gasteiger partial charge < -0.3 is 5.73 Å². The van der Waals surface area contributed by atoms with Gasteiger partial charge >= 0.3 is 0 Å². The Hall–Kier alpha value is -0.790. The molecule has 2 rings (SSSR count). The van der Waals surface area contributed by atoms with E-state index in [4.69, 9.17) is 5.73 Å². The van der Waals surface area contributed by atoms with Crippen molar-refractivity contribution in [3.8, 4) is 0 Å². The number of nitrogens with one attached hydrogen (secondary N) is 1. The topological polar surface area (TPSA) is 72.2 Å². The molecule has 0 bridgehead atoms. The molecule has 1 atom stereocenters. The summed E-state index contributed by atoms with van der Waals surface area (Å²) in [6, 6.07) is 3.25. The smallest absolute Gasteiger partial charge is 0.242 e. The van der Waals surface area contributed by atoms with Crippen molar-refractivity contribution >= 4 is 27.5 Å². The molecule has 94 valence electrons. The lowest BCUT2D eigenvalue weighted by molar-refractivity contribution is 0.561. The molecule has 0 radical (unpaired) electrons. The van der Waals surface area contributed by atoms with Crippen LogP contribution in [0.4, 0.5) is 10.1 Å². The number of hydrogen-bond donors (Lipinski definition) is 2. The van der Waals surface area contributed by atoms with Gasteiger partial charge in [-0.3, -0.25) is 0 Å². The van der Waals surface area contributed by atoms with Crippen LogP contribution in [0.1, 0.15) is 6.42 Å². The summed E-state index contributed by atoms with van der Waals surface area (Å²) in [5.41, 5.74) is 5.62. The van der Waals surface area contributed by atoms with E-state index in [0.29, 0.717) is 0 Å². The van der Waals surface area contributed by atoms with Crippen molar-refractivity contribution in [3.63, 3.8) is 0 Å². The molecule has 7 heteroatoms. The number of rotatable bonds is 3. The highest BCUT2D eigenvalue weighted by Gasteiger charge is 2.25. The Morgan fingerprint density at radius 1 is 1.47 bits per heavy atom. The Kier molecular flexibility index (Phi) is 3.60. The lowest BCUT2D eigenvalue weighted by Crippen LogP contribution is -2.35. The molecular formula is C10H13FN2O2S2. The number of halogens is 1. The molecule has 1 aromatic carbocycles. The first-order valence-electron chi connectivity index (χ1n) is 5.14. The van der Waals surface area contributed by atoms with E-state index in [1.165, 1.54) is 6.07 Å². The number of thioether (sulfide) groups is 1. The Bertz CT molecular complexity index is 513. The average Bonchev–Trinajstić information content (AvgIpc) is 2.73. The molecular weight excluding hydrogens is 263 g/mol. The van der Waals surface area contributed by atoms with Crippen molar-refractivity contribution in [2.45, 2.75) is 17.4 Å². The molecule has 1 heterocycles. The molecule has 0 amide bonds.